The van der Waals surface area contributed by atoms with Gasteiger partial charge in [0, 0.05) is 38.9 Å². The summed E-state index contributed by atoms with van der Waals surface area (Å²) in [5, 5.41) is 7.58. The third kappa shape index (κ3) is 5.01. The number of ether oxygens (including phenoxy) is 1. The van der Waals surface area contributed by atoms with Gasteiger partial charge in [0.25, 0.3) is 0 Å². The highest BCUT2D eigenvalue weighted by Gasteiger charge is 2.31. The van der Waals surface area contributed by atoms with Gasteiger partial charge in [-0.05, 0) is 43.4 Å². The van der Waals surface area contributed by atoms with E-state index in [1.54, 1.807) is 7.11 Å². The first-order valence-electron chi connectivity index (χ1n) is 8.56. The zero-order valence-corrected chi connectivity index (χ0v) is 13.7. The van der Waals surface area contributed by atoms with Crippen molar-refractivity contribution in [3.8, 4) is 0 Å². The van der Waals surface area contributed by atoms with Gasteiger partial charge in [-0.25, -0.2) is 0 Å². The highest BCUT2D eigenvalue weighted by molar-refractivity contribution is 4.90. The van der Waals surface area contributed by atoms with Crippen LogP contribution in [-0.2, 0) is 4.74 Å². The van der Waals surface area contributed by atoms with Gasteiger partial charge >= 0.3 is 0 Å². The summed E-state index contributed by atoms with van der Waals surface area (Å²) in [6, 6.07) is 1.50. The van der Waals surface area contributed by atoms with Crippen molar-refractivity contribution in [2.45, 2.75) is 70.9 Å². The van der Waals surface area contributed by atoms with E-state index < -0.39 is 0 Å². The molecule has 2 fully saturated rings. The predicted molar refractivity (Wildman–Crippen MR) is 85.0 cm³/mol. The van der Waals surface area contributed by atoms with E-state index in [-0.39, 0.29) is 0 Å². The fourth-order valence-corrected chi connectivity index (χ4v) is 3.79. The van der Waals surface area contributed by atoms with Gasteiger partial charge in [0.15, 0.2) is 0 Å². The molecule has 118 valence electrons. The quantitative estimate of drug-likeness (QED) is 0.753. The molecule has 0 aromatic carbocycles. The maximum Gasteiger partial charge on any atom is 0.0467 e. The molecule has 1 aliphatic heterocycles. The third-order valence-corrected chi connectivity index (χ3v) is 5.22. The van der Waals surface area contributed by atoms with Crippen LogP contribution in [0.25, 0.3) is 0 Å². The van der Waals surface area contributed by atoms with E-state index in [0.29, 0.717) is 11.5 Å². The highest BCUT2D eigenvalue weighted by atomic mass is 16.5. The number of rotatable bonds is 7. The van der Waals surface area contributed by atoms with Gasteiger partial charge in [0.2, 0.25) is 0 Å². The molecule has 3 unspecified atom stereocenters. The monoisotopic (exact) mass is 282 g/mol. The first kappa shape index (κ1) is 16.3. The lowest BCUT2D eigenvalue weighted by Gasteiger charge is -2.41. The number of nitrogens with one attached hydrogen (secondary N) is 2. The van der Waals surface area contributed by atoms with Crippen molar-refractivity contribution in [3.63, 3.8) is 0 Å². The van der Waals surface area contributed by atoms with Crippen LogP contribution in [-0.4, -0.2) is 38.9 Å². The standard InChI is InChI=1S/C17H34N2O/c1-17(2,10-11-20-3)13-18-12-15-9-8-14-6-4-5-7-16(14)19-15/h14-16,18-19H,4-13H2,1-3H3. The first-order chi connectivity index (χ1) is 9.61. The van der Waals surface area contributed by atoms with Gasteiger partial charge in [0.05, 0.1) is 0 Å². The molecule has 0 amide bonds. The SMILES string of the molecule is COCCC(C)(C)CNCC1CCC2CCCCC2N1. The molecule has 2 rings (SSSR count). The second-order valence-electron chi connectivity index (χ2n) is 7.63. The van der Waals surface area contributed by atoms with Crippen molar-refractivity contribution < 1.29 is 4.74 Å². The Morgan fingerprint density at radius 3 is 2.75 bits per heavy atom. The maximum atomic E-state index is 5.19. The molecule has 1 saturated carbocycles. The maximum absolute atomic E-state index is 5.19. The van der Waals surface area contributed by atoms with Gasteiger partial charge in [-0.3, -0.25) is 0 Å². The van der Waals surface area contributed by atoms with Crippen LogP contribution in [0.3, 0.4) is 0 Å². The molecule has 0 aromatic heterocycles. The lowest BCUT2D eigenvalue weighted by molar-refractivity contribution is 0.146. The van der Waals surface area contributed by atoms with E-state index in [0.717, 1.165) is 38.1 Å². The second-order valence-corrected chi connectivity index (χ2v) is 7.63. The molecule has 2 aliphatic rings. The summed E-state index contributed by atoms with van der Waals surface area (Å²) in [5.74, 6) is 0.971. The lowest BCUT2D eigenvalue weighted by Crippen LogP contribution is -2.52. The smallest absolute Gasteiger partial charge is 0.0467 e. The Hall–Kier alpha value is -0.120. The summed E-state index contributed by atoms with van der Waals surface area (Å²) in [4.78, 5) is 0. The largest absolute Gasteiger partial charge is 0.385 e. The van der Waals surface area contributed by atoms with Crippen LogP contribution < -0.4 is 10.6 Å². The van der Waals surface area contributed by atoms with Crippen molar-refractivity contribution in [1.29, 1.82) is 0 Å². The summed E-state index contributed by atoms with van der Waals surface area (Å²) in [6.45, 7) is 7.72. The van der Waals surface area contributed by atoms with Crippen LogP contribution in [0.15, 0.2) is 0 Å². The average Bonchev–Trinajstić information content (AvgIpc) is 2.45. The molecular formula is C17H34N2O. The molecule has 1 aliphatic carbocycles. The summed E-state index contributed by atoms with van der Waals surface area (Å²) in [7, 11) is 1.79. The zero-order chi connectivity index (χ0) is 14.4. The molecule has 3 nitrogen and oxygen atoms in total. The molecule has 0 bridgehead atoms. The van der Waals surface area contributed by atoms with Crippen LogP contribution in [0.4, 0.5) is 0 Å². The molecule has 0 spiro atoms. The van der Waals surface area contributed by atoms with E-state index in [9.17, 15) is 0 Å². The average molecular weight is 282 g/mol. The summed E-state index contributed by atoms with van der Waals surface area (Å²) in [5.41, 5.74) is 0.331. The van der Waals surface area contributed by atoms with Crippen molar-refractivity contribution in [3.05, 3.63) is 0 Å². The Balaban J connectivity index is 1.64. The molecule has 3 atom stereocenters. The number of piperidine rings is 1. The lowest BCUT2D eigenvalue weighted by atomic mass is 9.78. The number of methoxy groups -OCH3 is 1. The molecule has 2 N–H and O–H groups in total. The predicted octanol–water partition coefficient (Wildman–Crippen LogP) is 2.95. The summed E-state index contributed by atoms with van der Waals surface area (Å²) < 4.78 is 5.19. The van der Waals surface area contributed by atoms with Crippen LogP contribution in [0.2, 0.25) is 0 Å². The minimum Gasteiger partial charge on any atom is -0.385 e. The molecule has 3 heteroatoms. The van der Waals surface area contributed by atoms with Gasteiger partial charge < -0.3 is 15.4 Å². The molecular weight excluding hydrogens is 248 g/mol. The van der Waals surface area contributed by atoms with Crippen LogP contribution in [0.5, 0.6) is 0 Å². The van der Waals surface area contributed by atoms with E-state index in [2.05, 4.69) is 24.5 Å². The Kier molecular flexibility index (Phi) is 6.31. The van der Waals surface area contributed by atoms with Crippen LogP contribution in [0.1, 0.15) is 58.8 Å². The van der Waals surface area contributed by atoms with Crippen LogP contribution >= 0.6 is 0 Å². The number of fused-ring (bicyclic) bond motifs is 1. The Morgan fingerprint density at radius 1 is 1.15 bits per heavy atom. The van der Waals surface area contributed by atoms with Crippen molar-refractivity contribution in [1.82, 2.24) is 10.6 Å². The minimum atomic E-state index is 0.331. The topological polar surface area (TPSA) is 33.3 Å². The second kappa shape index (κ2) is 7.77. The molecule has 0 radical (unpaired) electrons. The normalized spacial score (nSPS) is 31.1. The fourth-order valence-electron chi connectivity index (χ4n) is 3.79. The van der Waals surface area contributed by atoms with E-state index >= 15 is 0 Å². The van der Waals surface area contributed by atoms with Gasteiger partial charge in [-0.15, -0.1) is 0 Å². The number of hydrogen-bond acceptors (Lipinski definition) is 3. The Bertz CT molecular complexity index is 280. The van der Waals surface area contributed by atoms with E-state index in [1.165, 1.54) is 38.5 Å². The van der Waals surface area contributed by atoms with Gasteiger partial charge in [-0.2, -0.15) is 0 Å². The van der Waals surface area contributed by atoms with Crippen molar-refractivity contribution in [2.24, 2.45) is 11.3 Å². The van der Waals surface area contributed by atoms with E-state index in [4.69, 9.17) is 4.74 Å². The molecule has 20 heavy (non-hydrogen) atoms. The number of hydrogen-bond donors (Lipinski definition) is 2. The molecule has 1 heterocycles. The summed E-state index contributed by atoms with van der Waals surface area (Å²) in [6.07, 6.45) is 9.67. The molecule has 1 saturated heterocycles. The van der Waals surface area contributed by atoms with Crippen LogP contribution in [0, 0.1) is 11.3 Å². The Labute approximate surface area is 125 Å². The third-order valence-electron chi connectivity index (χ3n) is 5.22. The van der Waals surface area contributed by atoms with E-state index in [1.807, 2.05) is 0 Å². The minimum absolute atomic E-state index is 0.331. The zero-order valence-electron chi connectivity index (χ0n) is 13.7. The fraction of sp³-hybridized carbons (Fsp3) is 1.00. The first-order valence-corrected chi connectivity index (χ1v) is 8.56. The van der Waals surface area contributed by atoms with Crippen molar-refractivity contribution in [2.75, 3.05) is 26.8 Å². The molecule has 0 aromatic rings. The highest BCUT2D eigenvalue weighted by Crippen LogP contribution is 2.32. The Morgan fingerprint density at radius 2 is 1.95 bits per heavy atom. The van der Waals surface area contributed by atoms with Gasteiger partial charge in [-0.1, -0.05) is 26.7 Å². The summed E-state index contributed by atoms with van der Waals surface area (Å²) >= 11 is 0. The van der Waals surface area contributed by atoms with Crippen molar-refractivity contribution >= 4 is 0 Å². The van der Waals surface area contributed by atoms with Gasteiger partial charge in [0.1, 0.15) is 0 Å².